The Kier molecular flexibility index (Phi) is 8.78. The molecule has 150 valence electrons. The highest BCUT2D eigenvalue weighted by Gasteiger charge is 2.39. The van der Waals surface area contributed by atoms with Crippen molar-refractivity contribution in [3.8, 4) is 0 Å². The van der Waals surface area contributed by atoms with Crippen LogP contribution in [0.15, 0.2) is 47.1 Å². The third-order valence-electron chi connectivity index (χ3n) is 5.07. The first-order valence-corrected chi connectivity index (χ1v) is 9.59. The maximum atomic E-state index is 10.5. The van der Waals surface area contributed by atoms with Gasteiger partial charge in [0.15, 0.2) is 0 Å². The van der Waals surface area contributed by atoms with Crippen LogP contribution < -0.4 is 0 Å². The van der Waals surface area contributed by atoms with Gasteiger partial charge in [-0.05, 0) is 43.7 Å². The van der Waals surface area contributed by atoms with E-state index in [1.165, 1.54) is 0 Å². The Morgan fingerprint density at radius 2 is 2.11 bits per heavy atom. The van der Waals surface area contributed by atoms with Crippen molar-refractivity contribution in [3.63, 3.8) is 0 Å². The zero-order chi connectivity index (χ0) is 19.6. The number of rotatable bonds is 11. The van der Waals surface area contributed by atoms with Crippen molar-refractivity contribution in [1.82, 2.24) is 0 Å². The molecule has 0 amide bonds. The van der Waals surface area contributed by atoms with E-state index in [4.69, 9.17) is 9.52 Å². The lowest BCUT2D eigenvalue weighted by molar-refractivity contribution is -0.137. The maximum Gasteiger partial charge on any atom is 0.303 e. The molecule has 6 heteroatoms. The molecular formula is C21H30O6. The van der Waals surface area contributed by atoms with Crippen LogP contribution in [0.25, 0.3) is 0 Å². The fourth-order valence-electron chi connectivity index (χ4n) is 3.55. The van der Waals surface area contributed by atoms with E-state index < -0.39 is 24.3 Å². The largest absolute Gasteiger partial charge is 0.481 e. The summed E-state index contributed by atoms with van der Waals surface area (Å²) >= 11 is 0. The van der Waals surface area contributed by atoms with E-state index in [9.17, 15) is 20.1 Å². The van der Waals surface area contributed by atoms with Gasteiger partial charge in [0.25, 0.3) is 0 Å². The molecule has 0 radical (unpaired) electrons. The van der Waals surface area contributed by atoms with Crippen molar-refractivity contribution < 1.29 is 29.6 Å². The number of aliphatic hydroxyl groups is 3. The number of allylic oxidation sites excluding steroid dienone is 2. The number of carboxylic acid groups (broad SMARTS) is 1. The Hall–Kier alpha value is -1.89. The molecule has 0 bridgehead atoms. The molecule has 1 aromatic heterocycles. The van der Waals surface area contributed by atoms with E-state index in [1.54, 1.807) is 12.3 Å². The second kappa shape index (κ2) is 11.1. The summed E-state index contributed by atoms with van der Waals surface area (Å²) in [5.41, 5.74) is 0. The molecule has 27 heavy (non-hydrogen) atoms. The molecule has 1 aromatic rings. The third-order valence-corrected chi connectivity index (χ3v) is 5.07. The van der Waals surface area contributed by atoms with Gasteiger partial charge in [-0.3, -0.25) is 4.79 Å². The highest BCUT2D eigenvalue weighted by atomic mass is 16.4. The number of unbranched alkanes of at least 4 members (excludes halogenated alkanes) is 1. The minimum atomic E-state index is -0.798. The summed E-state index contributed by atoms with van der Waals surface area (Å²) in [6, 6.07) is 3.68. The average molecular weight is 378 g/mol. The molecule has 1 aliphatic rings. The van der Waals surface area contributed by atoms with E-state index in [2.05, 4.69) is 0 Å². The topological polar surface area (TPSA) is 111 Å². The van der Waals surface area contributed by atoms with Gasteiger partial charge in [0.05, 0.1) is 24.6 Å². The van der Waals surface area contributed by atoms with Gasteiger partial charge < -0.3 is 24.8 Å². The Bertz CT molecular complexity index is 606. The van der Waals surface area contributed by atoms with E-state index in [0.29, 0.717) is 38.5 Å². The molecule has 5 atom stereocenters. The maximum absolute atomic E-state index is 10.5. The number of aryl methyl sites for hydroxylation is 1. The van der Waals surface area contributed by atoms with Crippen molar-refractivity contribution >= 4 is 5.97 Å². The lowest BCUT2D eigenvalue weighted by Gasteiger charge is -2.19. The molecular weight excluding hydrogens is 348 g/mol. The van der Waals surface area contributed by atoms with Gasteiger partial charge in [-0.25, -0.2) is 0 Å². The number of carbonyl (C=O) groups is 1. The minimum absolute atomic E-state index is 0.107. The molecule has 1 aliphatic carbocycles. The molecule has 0 saturated heterocycles. The zero-order valence-electron chi connectivity index (χ0n) is 15.5. The number of carboxylic acids is 1. The van der Waals surface area contributed by atoms with Gasteiger partial charge >= 0.3 is 5.97 Å². The molecule has 0 aliphatic heterocycles. The van der Waals surface area contributed by atoms with Crippen molar-refractivity contribution in [2.75, 3.05) is 0 Å². The Morgan fingerprint density at radius 1 is 1.30 bits per heavy atom. The van der Waals surface area contributed by atoms with Crippen LogP contribution in [0, 0.1) is 11.8 Å². The first kappa shape index (κ1) is 21.4. The van der Waals surface area contributed by atoms with Gasteiger partial charge in [0.1, 0.15) is 5.76 Å². The van der Waals surface area contributed by atoms with Crippen molar-refractivity contribution in [3.05, 3.63) is 48.5 Å². The Morgan fingerprint density at radius 3 is 2.81 bits per heavy atom. The summed E-state index contributed by atoms with van der Waals surface area (Å²) in [5, 5.41) is 39.2. The average Bonchev–Trinajstić information content (AvgIpc) is 3.22. The van der Waals surface area contributed by atoms with Crippen LogP contribution in [0.5, 0.6) is 0 Å². The fourth-order valence-corrected chi connectivity index (χ4v) is 3.55. The van der Waals surface area contributed by atoms with Crippen LogP contribution in [0.4, 0.5) is 0 Å². The standard InChI is InChI=1S/C21H30O6/c22-15(9-11-16-6-5-13-27-16)10-12-18-17(19(23)14-20(18)24)7-3-1-2-4-8-21(25)26/h1,3,5-6,10,12-13,15,17-20,22-24H,2,4,7-9,11,14H2,(H,25,26)/b3-1-,12-10+/t15?,17-,18-,19?,20?/m1/s1. The summed E-state index contributed by atoms with van der Waals surface area (Å²) < 4.78 is 5.25. The number of aliphatic hydroxyl groups excluding tert-OH is 3. The number of hydrogen-bond acceptors (Lipinski definition) is 5. The lowest BCUT2D eigenvalue weighted by atomic mass is 9.89. The first-order chi connectivity index (χ1) is 13.0. The van der Waals surface area contributed by atoms with Gasteiger partial charge in [-0.15, -0.1) is 0 Å². The van der Waals surface area contributed by atoms with Crippen LogP contribution in [-0.4, -0.2) is 44.7 Å². The van der Waals surface area contributed by atoms with Crippen LogP contribution in [0.1, 0.15) is 44.3 Å². The van der Waals surface area contributed by atoms with Gasteiger partial charge in [-0.2, -0.15) is 0 Å². The van der Waals surface area contributed by atoms with Crippen molar-refractivity contribution in [2.24, 2.45) is 11.8 Å². The first-order valence-electron chi connectivity index (χ1n) is 9.59. The molecule has 1 heterocycles. The van der Waals surface area contributed by atoms with Crippen LogP contribution in [0.2, 0.25) is 0 Å². The Labute approximate surface area is 159 Å². The van der Waals surface area contributed by atoms with E-state index in [1.807, 2.05) is 30.4 Å². The van der Waals surface area contributed by atoms with Crippen molar-refractivity contribution in [1.29, 1.82) is 0 Å². The predicted octanol–water partition coefficient (Wildman–Crippen LogP) is 2.69. The molecule has 3 unspecified atom stereocenters. The molecule has 4 N–H and O–H groups in total. The molecule has 0 aromatic carbocycles. The van der Waals surface area contributed by atoms with E-state index in [-0.39, 0.29) is 18.3 Å². The van der Waals surface area contributed by atoms with Gasteiger partial charge in [-0.1, -0.05) is 24.3 Å². The minimum Gasteiger partial charge on any atom is -0.481 e. The third kappa shape index (κ3) is 7.33. The highest BCUT2D eigenvalue weighted by molar-refractivity contribution is 5.66. The molecule has 2 rings (SSSR count). The lowest BCUT2D eigenvalue weighted by Crippen LogP contribution is -2.20. The van der Waals surface area contributed by atoms with Crippen LogP contribution in [-0.2, 0) is 11.2 Å². The quantitative estimate of drug-likeness (QED) is 0.348. The van der Waals surface area contributed by atoms with E-state index in [0.717, 1.165) is 5.76 Å². The number of furan rings is 1. The van der Waals surface area contributed by atoms with Gasteiger partial charge in [0.2, 0.25) is 0 Å². The summed E-state index contributed by atoms with van der Waals surface area (Å²) in [6.45, 7) is 0. The smallest absolute Gasteiger partial charge is 0.303 e. The van der Waals surface area contributed by atoms with Crippen LogP contribution >= 0.6 is 0 Å². The van der Waals surface area contributed by atoms with Crippen LogP contribution in [0.3, 0.4) is 0 Å². The highest BCUT2D eigenvalue weighted by Crippen LogP contribution is 2.36. The zero-order valence-corrected chi connectivity index (χ0v) is 15.5. The fraction of sp³-hybridized carbons (Fsp3) is 0.571. The second-order valence-corrected chi connectivity index (χ2v) is 7.17. The number of hydrogen-bond donors (Lipinski definition) is 4. The summed E-state index contributed by atoms with van der Waals surface area (Å²) in [4.78, 5) is 10.5. The van der Waals surface area contributed by atoms with E-state index >= 15 is 0 Å². The summed E-state index contributed by atoms with van der Waals surface area (Å²) in [6.07, 6.45) is 10.7. The SMILES string of the molecule is O=C(O)CCC/C=C\C[C@H]1C(O)CC(O)[C@@H]1/C=C/C(O)CCc1ccco1. The molecule has 0 spiro atoms. The normalized spacial score (nSPS) is 26.9. The summed E-state index contributed by atoms with van der Waals surface area (Å²) in [5.74, 6) is -0.288. The predicted molar refractivity (Wildman–Crippen MR) is 101 cm³/mol. The number of aliphatic carboxylic acids is 1. The monoisotopic (exact) mass is 378 g/mol. The summed E-state index contributed by atoms with van der Waals surface area (Å²) in [7, 11) is 0. The Balaban J connectivity index is 1.81. The molecule has 1 saturated carbocycles. The van der Waals surface area contributed by atoms with Crippen molar-refractivity contribution in [2.45, 2.75) is 63.3 Å². The van der Waals surface area contributed by atoms with Gasteiger partial charge in [0, 0.05) is 25.2 Å². The molecule has 1 fully saturated rings. The molecule has 6 nitrogen and oxygen atoms in total. The second-order valence-electron chi connectivity index (χ2n) is 7.17.